The normalized spacial score (nSPS) is 12.4. The summed E-state index contributed by atoms with van der Waals surface area (Å²) in [5.41, 5.74) is -0.865. The van der Waals surface area contributed by atoms with Crippen LogP contribution in [0.2, 0.25) is 10.0 Å². The van der Waals surface area contributed by atoms with Crippen LogP contribution in [0.25, 0.3) is 11.0 Å². The molecule has 0 atom stereocenters. The second kappa shape index (κ2) is 3.72. The molecule has 2 aromatic rings. The molecule has 1 heterocycles. The molecular weight excluding hydrogens is 284 g/mol. The molecule has 0 fully saturated rings. The van der Waals surface area contributed by atoms with Crippen LogP contribution in [-0.4, -0.2) is 8.75 Å². The van der Waals surface area contributed by atoms with E-state index in [0.29, 0.717) is 0 Å². The maximum atomic E-state index is 12.7. The Morgan fingerprint density at radius 3 is 2.06 bits per heavy atom. The molecule has 0 saturated heterocycles. The molecule has 0 aliphatic carbocycles. The van der Waals surface area contributed by atoms with Crippen molar-refractivity contribution in [3.63, 3.8) is 0 Å². The molecule has 16 heavy (non-hydrogen) atoms. The van der Waals surface area contributed by atoms with Gasteiger partial charge in [0.25, 0.3) is 0 Å². The van der Waals surface area contributed by atoms with Crippen LogP contribution in [0.1, 0.15) is 11.1 Å². The summed E-state index contributed by atoms with van der Waals surface area (Å²) in [6.07, 6.45) is -4.55. The molecule has 8 heteroatoms. The number of alkyl halides is 3. The van der Waals surface area contributed by atoms with E-state index in [1.807, 2.05) is 0 Å². The van der Waals surface area contributed by atoms with Crippen molar-refractivity contribution < 1.29 is 13.2 Å². The highest BCUT2D eigenvalue weighted by atomic mass is 35.5. The number of fused-ring (bicyclic) bond motifs is 1. The van der Waals surface area contributed by atoms with Crippen molar-refractivity contribution >= 4 is 46.0 Å². The minimum atomic E-state index is -4.55. The van der Waals surface area contributed by atoms with Crippen molar-refractivity contribution in [3.05, 3.63) is 21.2 Å². The van der Waals surface area contributed by atoms with Gasteiger partial charge in [-0.1, -0.05) is 23.2 Å². The fourth-order valence-electron chi connectivity index (χ4n) is 1.38. The highest BCUT2D eigenvalue weighted by Gasteiger charge is 2.37. The standard InChI is InChI=1S/C8H3Cl2F3N2S/c1-2-3(8(11,12)13)5(10)7-6(4(2)9)14-16-15-7/h1H3. The van der Waals surface area contributed by atoms with Crippen LogP contribution in [0.3, 0.4) is 0 Å². The van der Waals surface area contributed by atoms with E-state index in [1.54, 1.807) is 0 Å². The Morgan fingerprint density at radius 2 is 1.56 bits per heavy atom. The number of hydrogen-bond acceptors (Lipinski definition) is 3. The first-order valence-electron chi connectivity index (χ1n) is 4.01. The van der Waals surface area contributed by atoms with Gasteiger partial charge in [-0.15, -0.1) is 0 Å². The first kappa shape index (κ1) is 11.9. The maximum absolute atomic E-state index is 12.7. The van der Waals surface area contributed by atoms with Crippen LogP contribution in [0, 0.1) is 6.92 Å². The van der Waals surface area contributed by atoms with Gasteiger partial charge in [0.1, 0.15) is 11.0 Å². The van der Waals surface area contributed by atoms with Crippen molar-refractivity contribution in [2.75, 3.05) is 0 Å². The average Bonchev–Trinajstić information content (AvgIpc) is 2.61. The summed E-state index contributed by atoms with van der Waals surface area (Å²) in [6.45, 7) is 1.26. The third kappa shape index (κ3) is 1.65. The van der Waals surface area contributed by atoms with E-state index in [1.165, 1.54) is 6.92 Å². The summed E-state index contributed by atoms with van der Waals surface area (Å²) in [6, 6.07) is 0. The number of benzene rings is 1. The van der Waals surface area contributed by atoms with E-state index in [9.17, 15) is 13.2 Å². The molecule has 2 nitrogen and oxygen atoms in total. The first-order chi connectivity index (χ1) is 7.34. The topological polar surface area (TPSA) is 25.8 Å². The molecule has 0 amide bonds. The highest BCUT2D eigenvalue weighted by Crippen LogP contribution is 2.43. The Balaban J connectivity index is 2.94. The predicted molar refractivity (Wildman–Crippen MR) is 57.2 cm³/mol. The first-order valence-corrected chi connectivity index (χ1v) is 5.49. The zero-order chi connectivity index (χ0) is 12.1. The third-order valence-electron chi connectivity index (χ3n) is 2.11. The Labute approximate surface area is 102 Å². The predicted octanol–water partition coefficient (Wildman–Crippen LogP) is 4.33. The summed E-state index contributed by atoms with van der Waals surface area (Å²) in [7, 11) is 0. The summed E-state index contributed by atoms with van der Waals surface area (Å²) in [5, 5.41) is -0.501. The summed E-state index contributed by atoms with van der Waals surface area (Å²) >= 11 is 12.2. The third-order valence-corrected chi connectivity index (χ3v) is 3.47. The van der Waals surface area contributed by atoms with Gasteiger partial charge in [0.05, 0.1) is 27.3 Å². The highest BCUT2D eigenvalue weighted by molar-refractivity contribution is 7.00. The van der Waals surface area contributed by atoms with Crippen molar-refractivity contribution in [2.24, 2.45) is 0 Å². The van der Waals surface area contributed by atoms with E-state index >= 15 is 0 Å². The molecule has 0 spiro atoms. The van der Waals surface area contributed by atoms with E-state index in [4.69, 9.17) is 23.2 Å². The molecule has 1 aromatic heterocycles. The average molecular weight is 287 g/mol. The molecule has 0 unspecified atom stereocenters. The van der Waals surface area contributed by atoms with Gasteiger partial charge < -0.3 is 0 Å². The molecule has 0 bridgehead atoms. The van der Waals surface area contributed by atoms with Gasteiger partial charge in [-0.3, -0.25) is 0 Å². The lowest BCUT2D eigenvalue weighted by Gasteiger charge is -2.13. The number of halogens is 5. The van der Waals surface area contributed by atoms with E-state index in [2.05, 4.69) is 8.75 Å². The quantitative estimate of drug-likeness (QED) is 0.721. The molecular formula is C8H3Cl2F3N2S. The lowest BCUT2D eigenvalue weighted by Crippen LogP contribution is -2.09. The van der Waals surface area contributed by atoms with Crippen LogP contribution in [-0.2, 0) is 6.18 Å². The number of aromatic nitrogens is 2. The Morgan fingerprint density at radius 1 is 1.06 bits per heavy atom. The zero-order valence-corrected chi connectivity index (χ0v) is 10.0. The van der Waals surface area contributed by atoms with Crippen molar-refractivity contribution in [2.45, 2.75) is 13.1 Å². The summed E-state index contributed by atoms with van der Waals surface area (Å²) in [4.78, 5) is 0. The SMILES string of the molecule is Cc1c(C(F)(F)F)c(Cl)c2nsnc2c1Cl. The monoisotopic (exact) mass is 286 g/mol. The van der Waals surface area contributed by atoms with E-state index in [-0.39, 0.29) is 21.6 Å². The summed E-state index contributed by atoms with van der Waals surface area (Å²) < 4.78 is 45.7. The maximum Gasteiger partial charge on any atom is 0.418 e. The molecule has 0 saturated carbocycles. The number of rotatable bonds is 0. The Hall–Kier alpha value is -0.590. The van der Waals surface area contributed by atoms with Gasteiger partial charge in [-0.2, -0.15) is 21.9 Å². The molecule has 0 aliphatic rings. The molecule has 1 aromatic carbocycles. The van der Waals surface area contributed by atoms with E-state index < -0.39 is 16.8 Å². The van der Waals surface area contributed by atoms with Crippen LogP contribution in [0.5, 0.6) is 0 Å². The van der Waals surface area contributed by atoms with Gasteiger partial charge in [-0.05, 0) is 12.5 Å². The van der Waals surface area contributed by atoms with Gasteiger partial charge in [0.2, 0.25) is 0 Å². The van der Waals surface area contributed by atoms with Crippen LogP contribution in [0.4, 0.5) is 13.2 Å². The molecule has 2 rings (SSSR count). The number of nitrogens with zero attached hydrogens (tertiary/aromatic N) is 2. The minimum Gasteiger partial charge on any atom is -0.171 e. The van der Waals surface area contributed by atoms with Crippen LogP contribution >= 0.6 is 34.9 Å². The van der Waals surface area contributed by atoms with Crippen LogP contribution < -0.4 is 0 Å². The zero-order valence-electron chi connectivity index (χ0n) is 7.69. The lowest BCUT2D eigenvalue weighted by atomic mass is 10.1. The second-order valence-corrected chi connectivity index (χ2v) is 4.37. The Kier molecular flexibility index (Phi) is 2.76. The smallest absolute Gasteiger partial charge is 0.171 e. The fraction of sp³-hybridized carbons (Fsp3) is 0.250. The van der Waals surface area contributed by atoms with Gasteiger partial charge >= 0.3 is 6.18 Å². The second-order valence-electron chi connectivity index (χ2n) is 3.09. The van der Waals surface area contributed by atoms with Gasteiger partial charge in [-0.25, -0.2) is 0 Å². The van der Waals surface area contributed by atoms with E-state index in [0.717, 1.165) is 11.7 Å². The molecule has 0 radical (unpaired) electrons. The van der Waals surface area contributed by atoms with Gasteiger partial charge in [0, 0.05) is 0 Å². The molecule has 0 aliphatic heterocycles. The van der Waals surface area contributed by atoms with Crippen molar-refractivity contribution in [3.8, 4) is 0 Å². The summed E-state index contributed by atoms with van der Waals surface area (Å²) in [5.74, 6) is 0. The molecule has 86 valence electrons. The Bertz CT molecular complexity index is 564. The minimum absolute atomic E-state index is 0.00501. The lowest BCUT2D eigenvalue weighted by molar-refractivity contribution is -0.137. The van der Waals surface area contributed by atoms with Gasteiger partial charge in [0.15, 0.2) is 0 Å². The fourth-order valence-corrected chi connectivity index (χ4v) is 2.65. The number of hydrogen-bond donors (Lipinski definition) is 0. The van der Waals surface area contributed by atoms with Crippen molar-refractivity contribution in [1.82, 2.24) is 8.75 Å². The molecule has 0 N–H and O–H groups in total. The van der Waals surface area contributed by atoms with Crippen LogP contribution in [0.15, 0.2) is 0 Å². The largest absolute Gasteiger partial charge is 0.418 e. The van der Waals surface area contributed by atoms with Crippen molar-refractivity contribution in [1.29, 1.82) is 0 Å².